The molecule has 1 aromatic heterocycles. The summed E-state index contributed by atoms with van der Waals surface area (Å²) in [7, 11) is -2.38. The number of H-pyrrole nitrogens is 1. The van der Waals surface area contributed by atoms with Crippen molar-refractivity contribution in [2.45, 2.75) is 18.4 Å². The van der Waals surface area contributed by atoms with E-state index in [4.69, 9.17) is 5.14 Å². The third-order valence-corrected chi connectivity index (χ3v) is 5.07. The van der Waals surface area contributed by atoms with E-state index >= 15 is 0 Å². The number of amides is 1. The Kier molecular flexibility index (Phi) is 4.81. The summed E-state index contributed by atoms with van der Waals surface area (Å²) in [6, 6.07) is 11.0. The normalized spacial score (nSPS) is 11.5. The minimum Gasteiger partial charge on any atom is -0.334 e. The van der Waals surface area contributed by atoms with Gasteiger partial charge in [-0.25, -0.2) is 18.5 Å². The quantitative estimate of drug-likeness (QED) is 0.695. The third-order valence-electron chi connectivity index (χ3n) is 4.16. The highest BCUT2D eigenvalue weighted by molar-refractivity contribution is 7.89. The predicted molar refractivity (Wildman–Crippen MR) is 101 cm³/mol. The van der Waals surface area contributed by atoms with Gasteiger partial charge in [-0.3, -0.25) is 9.59 Å². The lowest BCUT2D eigenvalue weighted by atomic mass is 10.1. The van der Waals surface area contributed by atoms with Crippen molar-refractivity contribution in [2.24, 2.45) is 5.14 Å². The zero-order chi connectivity index (χ0) is 19.8. The second-order valence-electron chi connectivity index (χ2n) is 6.21. The lowest BCUT2D eigenvalue weighted by Gasteiger charge is -2.18. The lowest BCUT2D eigenvalue weighted by molar-refractivity contribution is 0.0780. The molecule has 3 aromatic rings. The highest BCUT2D eigenvalue weighted by Crippen LogP contribution is 2.17. The average molecular weight is 386 g/mol. The maximum atomic E-state index is 12.8. The summed E-state index contributed by atoms with van der Waals surface area (Å²) in [5, 5.41) is 5.61. The Hall–Kier alpha value is -3.04. The standard InChI is InChI=1S/C18H18N4O4S/c1-11-7-8-12(27(19,25)26)9-14(11)18(24)22(2)10-16-20-15-6-4-3-5-13(15)17(23)21-16/h3-9H,10H2,1-2H3,(H2,19,25,26)(H,20,21,23). The van der Waals surface area contributed by atoms with E-state index in [-0.39, 0.29) is 22.6 Å². The SMILES string of the molecule is Cc1ccc(S(N)(=O)=O)cc1C(=O)N(C)Cc1nc2ccccc2c(=O)[nH]1. The fourth-order valence-electron chi connectivity index (χ4n) is 2.72. The van der Waals surface area contributed by atoms with Crippen molar-refractivity contribution in [3.63, 3.8) is 0 Å². The molecule has 27 heavy (non-hydrogen) atoms. The summed E-state index contributed by atoms with van der Waals surface area (Å²) in [6.45, 7) is 1.75. The predicted octanol–water partition coefficient (Wildman–Crippen LogP) is 1.15. The van der Waals surface area contributed by atoms with Gasteiger partial charge >= 0.3 is 0 Å². The number of primary sulfonamides is 1. The number of nitrogens with two attached hydrogens (primary N) is 1. The number of nitrogens with one attached hydrogen (secondary N) is 1. The van der Waals surface area contributed by atoms with E-state index in [0.717, 1.165) is 0 Å². The van der Waals surface area contributed by atoms with Crippen molar-refractivity contribution in [2.75, 3.05) is 7.05 Å². The van der Waals surface area contributed by atoms with Crippen LogP contribution in [-0.2, 0) is 16.6 Å². The molecule has 2 aromatic carbocycles. The van der Waals surface area contributed by atoms with Crippen LogP contribution in [0, 0.1) is 6.92 Å². The van der Waals surface area contributed by atoms with Crippen LogP contribution >= 0.6 is 0 Å². The van der Waals surface area contributed by atoms with Crippen LogP contribution in [0.25, 0.3) is 10.9 Å². The molecule has 0 unspecified atom stereocenters. The van der Waals surface area contributed by atoms with E-state index < -0.39 is 15.9 Å². The Balaban J connectivity index is 1.92. The first-order valence-electron chi connectivity index (χ1n) is 8.03. The molecule has 0 aliphatic carbocycles. The minimum absolute atomic E-state index is 0.0535. The number of hydrogen-bond donors (Lipinski definition) is 2. The Labute approximate surface area is 155 Å². The maximum absolute atomic E-state index is 12.8. The highest BCUT2D eigenvalue weighted by atomic mass is 32.2. The largest absolute Gasteiger partial charge is 0.334 e. The summed E-state index contributed by atoms with van der Waals surface area (Å²) in [4.78, 5) is 33.2. The molecular weight excluding hydrogens is 368 g/mol. The number of carbonyl (C=O) groups excluding carboxylic acids is 1. The number of benzene rings is 2. The molecule has 0 bridgehead atoms. The number of nitrogens with zero attached hydrogens (tertiary/aromatic N) is 2. The van der Waals surface area contributed by atoms with Gasteiger partial charge in [0.25, 0.3) is 11.5 Å². The number of para-hydroxylation sites is 1. The minimum atomic E-state index is -3.92. The van der Waals surface area contributed by atoms with Crippen LogP contribution in [0.15, 0.2) is 52.2 Å². The number of carbonyl (C=O) groups is 1. The van der Waals surface area contributed by atoms with E-state index in [9.17, 15) is 18.0 Å². The second kappa shape index (κ2) is 6.93. The lowest BCUT2D eigenvalue weighted by Crippen LogP contribution is -2.29. The van der Waals surface area contributed by atoms with Crippen LogP contribution in [0.3, 0.4) is 0 Å². The first-order valence-corrected chi connectivity index (χ1v) is 9.58. The molecular formula is C18H18N4O4S. The zero-order valence-corrected chi connectivity index (χ0v) is 15.6. The first-order chi connectivity index (χ1) is 12.7. The Morgan fingerprint density at radius 1 is 1.22 bits per heavy atom. The van der Waals surface area contributed by atoms with Gasteiger partial charge in [-0.2, -0.15) is 0 Å². The molecule has 0 atom stereocenters. The molecule has 3 N–H and O–H groups in total. The monoisotopic (exact) mass is 386 g/mol. The van der Waals surface area contributed by atoms with Crippen LogP contribution in [0.4, 0.5) is 0 Å². The maximum Gasteiger partial charge on any atom is 0.258 e. The molecule has 3 rings (SSSR count). The van der Waals surface area contributed by atoms with E-state index in [1.165, 1.54) is 23.1 Å². The Bertz CT molecular complexity index is 1200. The van der Waals surface area contributed by atoms with E-state index in [1.807, 2.05) is 0 Å². The van der Waals surface area contributed by atoms with Gasteiger partial charge in [-0.1, -0.05) is 18.2 Å². The molecule has 0 radical (unpaired) electrons. The average Bonchev–Trinajstić information content (AvgIpc) is 2.60. The van der Waals surface area contributed by atoms with Crippen molar-refractivity contribution < 1.29 is 13.2 Å². The van der Waals surface area contributed by atoms with Gasteiger partial charge in [0, 0.05) is 12.6 Å². The molecule has 1 amide bonds. The van der Waals surface area contributed by atoms with Crippen molar-refractivity contribution in [3.8, 4) is 0 Å². The number of fused-ring (bicyclic) bond motifs is 1. The fourth-order valence-corrected chi connectivity index (χ4v) is 3.26. The van der Waals surface area contributed by atoms with E-state index in [0.29, 0.717) is 22.3 Å². The molecule has 9 heteroatoms. The number of rotatable bonds is 4. The summed E-state index contributed by atoms with van der Waals surface area (Å²) in [6.07, 6.45) is 0. The van der Waals surface area contributed by atoms with Gasteiger partial charge in [-0.15, -0.1) is 0 Å². The molecule has 8 nitrogen and oxygen atoms in total. The van der Waals surface area contributed by atoms with Gasteiger partial charge in [0.15, 0.2) is 0 Å². The number of hydrogen-bond acceptors (Lipinski definition) is 5. The molecule has 0 aliphatic rings. The topological polar surface area (TPSA) is 126 Å². The molecule has 0 saturated carbocycles. The highest BCUT2D eigenvalue weighted by Gasteiger charge is 2.19. The zero-order valence-electron chi connectivity index (χ0n) is 14.8. The van der Waals surface area contributed by atoms with Crippen LogP contribution in [-0.4, -0.2) is 36.2 Å². The number of aromatic amines is 1. The summed E-state index contributed by atoms with van der Waals surface area (Å²) in [5.74, 6) is -0.0800. The Morgan fingerprint density at radius 3 is 2.63 bits per heavy atom. The summed E-state index contributed by atoms with van der Waals surface area (Å²) >= 11 is 0. The van der Waals surface area contributed by atoms with Gasteiger partial charge in [0.1, 0.15) is 5.82 Å². The van der Waals surface area contributed by atoms with Crippen LogP contribution in [0.2, 0.25) is 0 Å². The van der Waals surface area contributed by atoms with Crippen molar-refractivity contribution in [1.82, 2.24) is 14.9 Å². The molecule has 0 spiro atoms. The third kappa shape index (κ3) is 3.88. The smallest absolute Gasteiger partial charge is 0.258 e. The molecule has 0 saturated heterocycles. The van der Waals surface area contributed by atoms with Crippen molar-refractivity contribution in [1.29, 1.82) is 0 Å². The Morgan fingerprint density at radius 2 is 1.93 bits per heavy atom. The fraction of sp³-hybridized carbons (Fsp3) is 0.167. The van der Waals surface area contributed by atoms with Gasteiger partial charge in [-0.05, 0) is 36.8 Å². The number of aryl methyl sites for hydroxylation is 1. The van der Waals surface area contributed by atoms with E-state index in [1.54, 1.807) is 38.2 Å². The molecule has 0 aliphatic heterocycles. The van der Waals surface area contributed by atoms with Gasteiger partial charge in [0.05, 0.1) is 22.3 Å². The van der Waals surface area contributed by atoms with Crippen LogP contribution in [0.5, 0.6) is 0 Å². The van der Waals surface area contributed by atoms with E-state index in [2.05, 4.69) is 9.97 Å². The summed E-state index contributed by atoms with van der Waals surface area (Å²) in [5.41, 5.74) is 1.07. The van der Waals surface area contributed by atoms with Gasteiger partial charge in [0.2, 0.25) is 10.0 Å². The number of sulfonamides is 1. The van der Waals surface area contributed by atoms with Gasteiger partial charge < -0.3 is 9.88 Å². The van der Waals surface area contributed by atoms with Crippen molar-refractivity contribution >= 4 is 26.8 Å². The molecule has 140 valence electrons. The van der Waals surface area contributed by atoms with Crippen LogP contribution < -0.4 is 10.7 Å². The second-order valence-corrected chi connectivity index (χ2v) is 7.77. The first kappa shape index (κ1) is 18.7. The van der Waals surface area contributed by atoms with Crippen molar-refractivity contribution in [3.05, 3.63) is 69.8 Å². The van der Waals surface area contributed by atoms with Crippen LogP contribution in [0.1, 0.15) is 21.7 Å². The molecule has 1 heterocycles. The number of aromatic nitrogens is 2. The summed E-state index contributed by atoms with van der Waals surface area (Å²) < 4.78 is 23.1. The molecule has 0 fully saturated rings.